The van der Waals surface area contributed by atoms with Gasteiger partial charge in [-0.2, -0.15) is 5.10 Å². The molecule has 0 fully saturated rings. The summed E-state index contributed by atoms with van der Waals surface area (Å²) in [4.78, 5) is 16.8. The van der Waals surface area contributed by atoms with E-state index in [2.05, 4.69) is 15.4 Å². The summed E-state index contributed by atoms with van der Waals surface area (Å²) < 4.78 is 3.63. The molecule has 3 aromatic rings. The molecule has 1 N–H and O–H groups in total. The largest absolute Gasteiger partial charge is 0.349 e. The molecular weight excluding hydrogens is 290 g/mol. The number of hydrogen-bond donors (Lipinski definition) is 1. The summed E-state index contributed by atoms with van der Waals surface area (Å²) >= 11 is 0. The summed E-state index contributed by atoms with van der Waals surface area (Å²) in [6.07, 6.45) is 5.26. The van der Waals surface area contributed by atoms with Crippen LogP contribution in [0.3, 0.4) is 0 Å². The van der Waals surface area contributed by atoms with Crippen molar-refractivity contribution >= 4 is 5.91 Å². The third-order valence-electron chi connectivity index (χ3n) is 3.86. The lowest BCUT2D eigenvalue weighted by atomic mass is 10.2. The van der Waals surface area contributed by atoms with Gasteiger partial charge in [0.2, 0.25) is 5.91 Å². The smallest absolute Gasteiger partial charge is 0.243 e. The first-order chi connectivity index (χ1) is 11.2. The first-order valence-corrected chi connectivity index (χ1v) is 7.49. The minimum absolute atomic E-state index is 0.0543. The Morgan fingerprint density at radius 3 is 2.70 bits per heavy atom. The van der Waals surface area contributed by atoms with Crippen molar-refractivity contribution in [2.24, 2.45) is 7.05 Å². The van der Waals surface area contributed by atoms with E-state index < -0.39 is 0 Å². The molecule has 0 saturated heterocycles. The average molecular weight is 309 g/mol. The lowest BCUT2D eigenvalue weighted by Crippen LogP contribution is -2.31. The molecule has 2 aromatic heterocycles. The second-order valence-corrected chi connectivity index (χ2v) is 5.36. The maximum atomic E-state index is 12.4. The van der Waals surface area contributed by atoms with Crippen LogP contribution in [0.25, 0.3) is 11.4 Å². The van der Waals surface area contributed by atoms with E-state index >= 15 is 0 Å². The van der Waals surface area contributed by atoms with Gasteiger partial charge >= 0.3 is 0 Å². The molecule has 0 saturated carbocycles. The van der Waals surface area contributed by atoms with Crippen LogP contribution in [0.5, 0.6) is 0 Å². The van der Waals surface area contributed by atoms with E-state index in [1.807, 2.05) is 61.1 Å². The van der Waals surface area contributed by atoms with Gasteiger partial charge < -0.3 is 9.88 Å². The van der Waals surface area contributed by atoms with Gasteiger partial charge in [-0.05, 0) is 13.0 Å². The van der Waals surface area contributed by atoms with E-state index in [4.69, 9.17) is 0 Å². The molecule has 1 aromatic carbocycles. The summed E-state index contributed by atoms with van der Waals surface area (Å²) in [5, 5.41) is 7.04. The fourth-order valence-corrected chi connectivity index (χ4v) is 2.46. The fraction of sp³-hybridized carbons (Fsp3) is 0.235. The summed E-state index contributed by atoms with van der Waals surface area (Å²) in [6.45, 7) is 2.32. The van der Waals surface area contributed by atoms with E-state index in [9.17, 15) is 4.79 Å². The van der Waals surface area contributed by atoms with E-state index in [-0.39, 0.29) is 11.9 Å². The Hall–Kier alpha value is -2.89. The van der Waals surface area contributed by atoms with Crippen LogP contribution in [0.2, 0.25) is 0 Å². The van der Waals surface area contributed by atoms with Crippen LogP contribution in [-0.2, 0) is 18.4 Å². The molecule has 0 aliphatic rings. The Morgan fingerprint density at radius 1 is 1.22 bits per heavy atom. The highest BCUT2D eigenvalue weighted by Crippen LogP contribution is 2.20. The van der Waals surface area contributed by atoms with Gasteiger partial charge in [0.05, 0.1) is 12.2 Å². The average Bonchev–Trinajstić information content (AvgIpc) is 3.21. The quantitative estimate of drug-likeness (QED) is 0.785. The van der Waals surface area contributed by atoms with Crippen LogP contribution >= 0.6 is 0 Å². The maximum Gasteiger partial charge on any atom is 0.243 e. The molecule has 0 spiro atoms. The van der Waals surface area contributed by atoms with Crippen molar-refractivity contribution in [3.63, 3.8) is 0 Å². The van der Waals surface area contributed by atoms with Crippen LogP contribution in [0.1, 0.15) is 18.7 Å². The van der Waals surface area contributed by atoms with Gasteiger partial charge in [-0.1, -0.05) is 30.3 Å². The monoisotopic (exact) mass is 309 g/mol. The fourth-order valence-electron chi connectivity index (χ4n) is 2.46. The van der Waals surface area contributed by atoms with Gasteiger partial charge in [0, 0.05) is 31.2 Å². The summed E-state index contributed by atoms with van der Waals surface area (Å²) in [5.74, 6) is 0.732. The molecule has 0 aliphatic heterocycles. The Labute approximate surface area is 134 Å². The van der Waals surface area contributed by atoms with Crippen molar-refractivity contribution in [2.75, 3.05) is 0 Å². The number of carbonyl (C=O) groups is 1. The number of carbonyl (C=O) groups excluding carboxylic acids is 1. The Kier molecular flexibility index (Phi) is 4.23. The maximum absolute atomic E-state index is 12.4. The molecular formula is C17H19N5O. The minimum Gasteiger partial charge on any atom is -0.349 e. The predicted molar refractivity (Wildman–Crippen MR) is 87.4 cm³/mol. The van der Waals surface area contributed by atoms with E-state index in [1.165, 1.54) is 0 Å². The van der Waals surface area contributed by atoms with Gasteiger partial charge in [-0.3, -0.25) is 9.48 Å². The zero-order chi connectivity index (χ0) is 16.2. The van der Waals surface area contributed by atoms with Crippen LogP contribution < -0.4 is 5.32 Å². The molecule has 0 aliphatic carbocycles. The Morgan fingerprint density at radius 2 is 2.00 bits per heavy atom. The standard InChI is InChI=1S/C17H19N5O/c1-13(17(23)19-12-15-8-9-20-21(15)2)22-11-10-18-16(22)14-6-4-3-5-7-14/h3-11,13H,12H2,1-2H3,(H,19,23). The number of nitrogens with one attached hydrogen (secondary N) is 1. The highest BCUT2D eigenvalue weighted by molar-refractivity contribution is 5.80. The SMILES string of the molecule is CC(C(=O)NCc1ccnn1C)n1ccnc1-c1ccccc1. The summed E-state index contributed by atoms with van der Waals surface area (Å²) in [5.41, 5.74) is 1.95. The van der Waals surface area contributed by atoms with Crippen LogP contribution in [0, 0.1) is 0 Å². The molecule has 0 bridgehead atoms. The second-order valence-electron chi connectivity index (χ2n) is 5.36. The molecule has 1 amide bonds. The van der Waals surface area contributed by atoms with Gasteiger partial charge in [0.25, 0.3) is 0 Å². The molecule has 2 heterocycles. The van der Waals surface area contributed by atoms with Crippen molar-refractivity contribution in [1.82, 2.24) is 24.6 Å². The molecule has 6 nitrogen and oxygen atoms in total. The lowest BCUT2D eigenvalue weighted by Gasteiger charge is -2.16. The molecule has 1 unspecified atom stereocenters. The van der Waals surface area contributed by atoms with Crippen molar-refractivity contribution in [1.29, 1.82) is 0 Å². The van der Waals surface area contributed by atoms with Crippen molar-refractivity contribution < 1.29 is 4.79 Å². The molecule has 6 heteroatoms. The zero-order valence-electron chi connectivity index (χ0n) is 13.2. The van der Waals surface area contributed by atoms with Crippen LogP contribution in [0.4, 0.5) is 0 Å². The Bertz CT molecular complexity index is 790. The predicted octanol–water partition coefficient (Wildman–Crippen LogP) is 2.16. The molecule has 3 rings (SSSR count). The highest BCUT2D eigenvalue weighted by Gasteiger charge is 2.18. The van der Waals surface area contributed by atoms with Gasteiger partial charge in [-0.25, -0.2) is 4.98 Å². The molecule has 118 valence electrons. The number of amides is 1. The van der Waals surface area contributed by atoms with Gasteiger partial charge in [0.15, 0.2) is 0 Å². The summed E-state index contributed by atoms with van der Waals surface area (Å²) in [6, 6.07) is 11.4. The summed E-state index contributed by atoms with van der Waals surface area (Å²) in [7, 11) is 1.86. The molecule has 23 heavy (non-hydrogen) atoms. The van der Waals surface area contributed by atoms with Crippen molar-refractivity contribution in [3.05, 3.63) is 60.7 Å². The third-order valence-corrected chi connectivity index (χ3v) is 3.86. The van der Waals surface area contributed by atoms with Crippen molar-refractivity contribution in [3.8, 4) is 11.4 Å². The highest BCUT2D eigenvalue weighted by atomic mass is 16.2. The normalized spacial score (nSPS) is 12.1. The van der Waals surface area contributed by atoms with E-state index in [1.54, 1.807) is 17.1 Å². The Balaban J connectivity index is 1.73. The zero-order valence-corrected chi connectivity index (χ0v) is 13.2. The first-order valence-electron chi connectivity index (χ1n) is 7.49. The van der Waals surface area contributed by atoms with E-state index in [0.29, 0.717) is 6.54 Å². The van der Waals surface area contributed by atoms with Crippen LogP contribution in [0.15, 0.2) is 55.0 Å². The third kappa shape index (κ3) is 3.15. The second kappa shape index (κ2) is 6.48. The van der Waals surface area contributed by atoms with Crippen LogP contribution in [-0.4, -0.2) is 25.2 Å². The molecule has 0 radical (unpaired) electrons. The molecule has 1 atom stereocenters. The minimum atomic E-state index is -0.346. The number of aryl methyl sites for hydroxylation is 1. The lowest BCUT2D eigenvalue weighted by molar-refractivity contribution is -0.124. The van der Waals surface area contributed by atoms with Crippen molar-refractivity contribution in [2.45, 2.75) is 19.5 Å². The van der Waals surface area contributed by atoms with E-state index in [0.717, 1.165) is 17.1 Å². The number of hydrogen-bond acceptors (Lipinski definition) is 3. The number of benzene rings is 1. The number of aromatic nitrogens is 4. The van der Waals surface area contributed by atoms with Gasteiger partial charge in [0.1, 0.15) is 11.9 Å². The number of nitrogens with zero attached hydrogens (tertiary/aromatic N) is 4. The first kappa shape index (κ1) is 15.0. The number of rotatable bonds is 5. The number of imidazole rings is 1. The topological polar surface area (TPSA) is 64.7 Å². The van der Waals surface area contributed by atoms with Gasteiger partial charge in [-0.15, -0.1) is 0 Å².